The van der Waals surface area contributed by atoms with Gasteiger partial charge < -0.3 is 15.3 Å². The highest BCUT2D eigenvalue weighted by Gasteiger charge is 2.12. The summed E-state index contributed by atoms with van der Waals surface area (Å²) in [6.07, 6.45) is 1.71. The first-order chi connectivity index (χ1) is 9.04. The molecule has 19 heavy (non-hydrogen) atoms. The van der Waals surface area contributed by atoms with E-state index in [9.17, 15) is 5.11 Å². The van der Waals surface area contributed by atoms with E-state index in [2.05, 4.69) is 48.5 Å². The van der Waals surface area contributed by atoms with E-state index in [1.165, 1.54) is 11.1 Å². The minimum Gasteiger partial charge on any atom is -0.393 e. The van der Waals surface area contributed by atoms with Gasteiger partial charge in [-0.15, -0.1) is 0 Å². The van der Waals surface area contributed by atoms with E-state index in [0.29, 0.717) is 6.04 Å². The molecule has 0 aliphatic heterocycles. The summed E-state index contributed by atoms with van der Waals surface area (Å²) in [5.41, 5.74) is 2.72. The van der Waals surface area contributed by atoms with Gasteiger partial charge in [-0.05, 0) is 58.5 Å². The molecule has 3 nitrogen and oxygen atoms in total. The van der Waals surface area contributed by atoms with Gasteiger partial charge in [0.05, 0.1) is 6.10 Å². The maximum Gasteiger partial charge on any atom is 0.0524 e. The number of aryl methyl sites for hydroxylation is 1. The quantitative estimate of drug-likeness (QED) is 0.756. The number of aliphatic hydroxyl groups excluding tert-OH is 1. The van der Waals surface area contributed by atoms with Crippen LogP contribution in [0.5, 0.6) is 0 Å². The normalized spacial score (nSPS) is 14.6. The number of hydrogen-bond acceptors (Lipinski definition) is 3. The molecule has 0 amide bonds. The molecule has 0 saturated heterocycles. The third-order valence-corrected chi connectivity index (χ3v) is 3.64. The van der Waals surface area contributed by atoms with Crippen molar-refractivity contribution < 1.29 is 5.11 Å². The summed E-state index contributed by atoms with van der Waals surface area (Å²) in [5, 5.41) is 12.7. The summed E-state index contributed by atoms with van der Waals surface area (Å²) in [6, 6.07) is 8.95. The van der Waals surface area contributed by atoms with E-state index in [0.717, 1.165) is 25.9 Å². The molecule has 0 heterocycles. The van der Waals surface area contributed by atoms with Crippen LogP contribution in [0.2, 0.25) is 0 Å². The van der Waals surface area contributed by atoms with Crippen molar-refractivity contribution in [1.29, 1.82) is 0 Å². The summed E-state index contributed by atoms with van der Waals surface area (Å²) in [4.78, 5) is 2.29. The van der Waals surface area contributed by atoms with Crippen molar-refractivity contribution in [3.05, 3.63) is 35.4 Å². The Morgan fingerprint density at radius 3 is 2.42 bits per heavy atom. The van der Waals surface area contributed by atoms with Crippen LogP contribution in [0.25, 0.3) is 0 Å². The van der Waals surface area contributed by atoms with Crippen molar-refractivity contribution in [1.82, 2.24) is 10.2 Å². The Labute approximate surface area is 117 Å². The van der Waals surface area contributed by atoms with Gasteiger partial charge in [-0.1, -0.05) is 24.3 Å². The first-order valence-corrected chi connectivity index (χ1v) is 7.14. The van der Waals surface area contributed by atoms with Crippen molar-refractivity contribution in [2.24, 2.45) is 0 Å². The zero-order valence-corrected chi connectivity index (χ0v) is 12.7. The fourth-order valence-corrected chi connectivity index (χ4v) is 2.30. The van der Waals surface area contributed by atoms with Crippen LogP contribution in [-0.4, -0.2) is 43.3 Å². The van der Waals surface area contributed by atoms with Crippen LogP contribution in [-0.2, 0) is 0 Å². The average molecular weight is 264 g/mol. The van der Waals surface area contributed by atoms with Crippen molar-refractivity contribution in [3.63, 3.8) is 0 Å². The van der Waals surface area contributed by atoms with Crippen LogP contribution >= 0.6 is 0 Å². The van der Waals surface area contributed by atoms with Crippen molar-refractivity contribution >= 4 is 0 Å². The second kappa shape index (κ2) is 8.31. The van der Waals surface area contributed by atoms with Gasteiger partial charge in [-0.3, -0.25) is 0 Å². The minimum absolute atomic E-state index is 0.209. The van der Waals surface area contributed by atoms with E-state index >= 15 is 0 Å². The molecular weight excluding hydrogens is 236 g/mol. The Hall–Kier alpha value is -0.900. The number of benzene rings is 1. The molecule has 2 unspecified atom stereocenters. The highest BCUT2D eigenvalue weighted by molar-refractivity contribution is 5.28. The van der Waals surface area contributed by atoms with Crippen molar-refractivity contribution in [2.45, 2.75) is 38.8 Å². The summed E-state index contributed by atoms with van der Waals surface area (Å²) < 4.78 is 0. The lowest BCUT2D eigenvalue weighted by Gasteiger charge is -2.23. The maximum atomic E-state index is 9.30. The Morgan fingerprint density at radius 2 is 1.84 bits per heavy atom. The van der Waals surface area contributed by atoms with Crippen LogP contribution < -0.4 is 5.32 Å². The van der Waals surface area contributed by atoms with Gasteiger partial charge in [-0.2, -0.15) is 0 Å². The van der Waals surface area contributed by atoms with Gasteiger partial charge in [0, 0.05) is 12.6 Å². The fourth-order valence-electron chi connectivity index (χ4n) is 2.30. The lowest BCUT2D eigenvalue weighted by Crippen LogP contribution is -2.27. The minimum atomic E-state index is -0.209. The molecular formula is C16H28N2O. The number of rotatable bonds is 8. The van der Waals surface area contributed by atoms with E-state index in [4.69, 9.17) is 0 Å². The average Bonchev–Trinajstić information content (AvgIpc) is 2.39. The predicted molar refractivity (Wildman–Crippen MR) is 81.4 cm³/mol. The molecule has 0 radical (unpaired) electrons. The maximum absolute atomic E-state index is 9.30. The Balaban J connectivity index is 2.47. The first kappa shape index (κ1) is 16.2. The zero-order valence-electron chi connectivity index (χ0n) is 12.7. The largest absolute Gasteiger partial charge is 0.393 e. The summed E-state index contributed by atoms with van der Waals surface area (Å²) >= 11 is 0. The van der Waals surface area contributed by atoms with E-state index in [-0.39, 0.29) is 6.10 Å². The Kier molecular flexibility index (Phi) is 7.06. The van der Waals surface area contributed by atoms with Gasteiger partial charge in [0.2, 0.25) is 0 Å². The predicted octanol–water partition coefficient (Wildman–Crippen LogP) is 2.35. The molecule has 0 fully saturated rings. The molecule has 2 N–H and O–H groups in total. The van der Waals surface area contributed by atoms with Gasteiger partial charge >= 0.3 is 0 Å². The number of nitrogens with one attached hydrogen (secondary N) is 1. The Morgan fingerprint density at radius 1 is 1.21 bits per heavy atom. The molecule has 0 bridgehead atoms. The third-order valence-electron chi connectivity index (χ3n) is 3.64. The molecule has 0 saturated carbocycles. The molecule has 1 aromatic rings. The molecule has 108 valence electrons. The molecule has 0 aliphatic carbocycles. The van der Waals surface area contributed by atoms with E-state index in [1.807, 2.05) is 14.0 Å². The van der Waals surface area contributed by atoms with Crippen LogP contribution in [0.3, 0.4) is 0 Å². The fraction of sp³-hybridized carbons (Fsp3) is 0.625. The molecule has 1 aromatic carbocycles. The smallest absolute Gasteiger partial charge is 0.0524 e. The first-order valence-electron chi connectivity index (χ1n) is 7.14. The lowest BCUT2D eigenvalue weighted by atomic mass is 9.99. The van der Waals surface area contributed by atoms with Crippen LogP contribution in [0.4, 0.5) is 0 Å². The zero-order chi connectivity index (χ0) is 14.3. The highest BCUT2D eigenvalue weighted by Crippen LogP contribution is 2.20. The molecule has 0 aliphatic rings. The number of nitrogens with zero attached hydrogens (tertiary/aromatic N) is 1. The van der Waals surface area contributed by atoms with E-state index in [1.54, 1.807) is 0 Å². The highest BCUT2D eigenvalue weighted by atomic mass is 16.3. The number of hydrogen-bond donors (Lipinski definition) is 2. The van der Waals surface area contributed by atoms with Crippen molar-refractivity contribution in [2.75, 3.05) is 27.2 Å². The molecule has 3 heteroatoms. The van der Waals surface area contributed by atoms with Crippen LogP contribution in [0.1, 0.15) is 36.9 Å². The van der Waals surface area contributed by atoms with Crippen LogP contribution in [0.15, 0.2) is 24.3 Å². The second-order valence-electron chi connectivity index (χ2n) is 5.43. The standard InChI is InChI=1S/C16H28N2O/c1-13-7-5-6-8-15(13)16(17-3)10-12-18(4)11-9-14(2)19/h5-8,14,16-17,19H,9-12H2,1-4H3. The van der Waals surface area contributed by atoms with Gasteiger partial charge in [-0.25, -0.2) is 0 Å². The Bertz CT molecular complexity index is 366. The summed E-state index contributed by atoms with van der Waals surface area (Å²) in [6.45, 7) is 5.99. The van der Waals surface area contributed by atoms with Gasteiger partial charge in [0.25, 0.3) is 0 Å². The SMILES string of the molecule is CNC(CCN(C)CCC(C)O)c1ccccc1C. The third kappa shape index (κ3) is 5.72. The molecule has 0 spiro atoms. The molecule has 0 aromatic heterocycles. The topological polar surface area (TPSA) is 35.5 Å². The monoisotopic (exact) mass is 264 g/mol. The summed E-state index contributed by atoms with van der Waals surface area (Å²) in [5.74, 6) is 0. The summed E-state index contributed by atoms with van der Waals surface area (Å²) in [7, 11) is 4.14. The van der Waals surface area contributed by atoms with E-state index < -0.39 is 0 Å². The lowest BCUT2D eigenvalue weighted by molar-refractivity contribution is 0.163. The van der Waals surface area contributed by atoms with Crippen LogP contribution in [0, 0.1) is 6.92 Å². The number of aliphatic hydroxyl groups is 1. The molecule has 1 rings (SSSR count). The van der Waals surface area contributed by atoms with Gasteiger partial charge in [0.15, 0.2) is 0 Å². The van der Waals surface area contributed by atoms with Gasteiger partial charge in [0.1, 0.15) is 0 Å². The molecule has 2 atom stereocenters. The second-order valence-corrected chi connectivity index (χ2v) is 5.43. The van der Waals surface area contributed by atoms with Crippen molar-refractivity contribution in [3.8, 4) is 0 Å².